The van der Waals surface area contributed by atoms with Gasteiger partial charge in [-0.05, 0) is 25.1 Å². The zero-order valence-corrected chi connectivity index (χ0v) is 14.4. The van der Waals surface area contributed by atoms with Crippen molar-refractivity contribution >= 4 is 33.0 Å². The maximum Gasteiger partial charge on any atom is 0.345 e. The van der Waals surface area contributed by atoms with Crippen molar-refractivity contribution in [1.82, 2.24) is 4.72 Å². The van der Waals surface area contributed by atoms with Crippen molar-refractivity contribution in [3.05, 3.63) is 46.7 Å². The van der Waals surface area contributed by atoms with Crippen LogP contribution in [0.2, 0.25) is 0 Å². The van der Waals surface area contributed by atoms with Gasteiger partial charge in [-0.2, -0.15) is 0 Å². The minimum Gasteiger partial charge on any atom is -0.477 e. The Morgan fingerprint density at radius 3 is 2.57 bits per heavy atom. The van der Waals surface area contributed by atoms with E-state index in [-0.39, 0.29) is 22.4 Å². The second-order valence-electron chi connectivity index (χ2n) is 5.10. The number of para-hydroxylation sites is 1. The second-order valence-corrected chi connectivity index (χ2v) is 7.78. The van der Waals surface area contributed by atoms with E-state index >= 15 is 0 Å². The Hall–Kier alpha value is -1.90. The van der Waals surface area contributed by atoms with Gasteiger partial charge in [-0.15, -0.1) is 11.3 Å². The summed E-state index contributed by atoms with van der Waals surface area (Å²) in [4.78, 5) is 12.8. The van der Waals surface area contributed by atoms with Crippen LogP contribution in [0.15, 0.2) is 46.7 Å². The summed E-state index contributed by atoms with van der Waals surface area (Å²) in [5.41, 5.74) is 0.989. The molecule has 0 amide bonds. The number of hydrogen-bond donors (Lipinski definition) is 2. The fourth-order valence-corrected chi connectivity index (χ4v) is 4.17. The molecular weight excluding hydrogens is 336 g/mol. The molecule has 6 nitrogen and oxygen atoms in total. The third-order valence-electron chi connectivity index (χ3n) is 3.49. The van der Waals surface area contributed by atoms with Gasteiger partial charge >= 0.3 is 5.97 Å². The summed E-state index contributed by atoms with van der Waals surface area (Å²) in [6, 6.07) is 10.8. The van der Waals surface area contributed by atoms with Crippen molar-refractivity contribution in [3.63, 3.8) is 0 Å². The molecule has 1 aromatic heterocycles. The molecule has 0 spiro atoms. The Labute approximate surface area is 139 Å². The Kier molecular flexibility index (Phi) is 5.40. The van der Waals surface area contributed by atoms with Gasteiger partial charge in [0.1, 0.15) is 4.88 Å². The lowest BCUT2D eigenvalue weighted by atomic mass is 10.2. The van der Waals surface area contributed by atoms with Crippen LogP contribution in [0.25, 0.3) is 0 Å². The first-order valence-corrected chi connectivity index (χ1v) is 9.27. The number of rotatable bonds is 7. The number of carbonyl (C=O) groups is 1. The van der Waals surface area contributed by atoms with E-state index in [0.717, 1.165) is 17.0 Å². The van der Waals surface area contributed by atoms with Gasteiger partial charge in [0.05, 0.1) is 4.90 Å². The van der Waals surface area contributed by atoms with Crippen molar-refractivity contribution in [1.29, 1.82) is 0 Å². The lowest BCUT2D eigenvalue weighted by Crippen LogP contribution is -2.40. The second kappa shape index (κ2) is 7.12. The first kappa shape index (κ1) is 17.5. The lowest BCUT2D eigenvalue weighted by Gasteiger charge is -2.27. The lowest BCUT2D eigenvalue weighted by molar-refractivity contribution is 0.0702. The molecule has 1 unspecified atom stereocenters. The fourth-order valence-electron chi connectivity index (χ4n) is 1.94. The van der Waals surface area contributed by atoms with Gasteiger partial charge in [-0.25, -0.2) is 17.9 Å². The van der Waals surface area contributed by atoms with E-state index in [2.05, 4.69) is 4.72 Å². The van der Waals surface area contributed by atoms with Gasteiger partial charge in [0.2, 0.25) is 10.0 Å². The fraction of sp³-hybridized carbons (Fsp3) is 0.267. The van der Waals surface area contributed by atoms with Crippen LogP contribution in [0.1, 0.15) is 16.6 Å². The molecule has 2 rings (SSSR count). The minimum absolute atomic E-state index is 0.000160. The summed E-state index contributed by atoms with van der Waals surface area (Å²) >= 11 is 0.893. The Morgan fingerprint density at radius 1 is 1.35 bits per heavy atom. The smallest absolute Gasteiger partial charge is 0.345 e. The monoisotopic (exact) mass is 354 g/mol. The first-order chi connectivity index (χ1) is 10.8. The number of carboxylic acids is 1. The van der Waals surface area contributed by atoms with Gasteiger partial charge in [0, 0.05) is 30.7 Å². The van der Waals surface area contributed by atoms with Crippen LogP contribution in [0, 0.1) is 0 Å². The van der Waals surface area contributed by atoms with Crippen molar-refractivity contribution in [2.75, 3.05) is 18.5 Å². The number of aromatic carboxylic acids is 1. The number of hydrogen-bond acceptors (Lipinski definition) is 5. The molecule has 0 aliphatic heterocycles. The average Bonchev–Trinajstić information content (AvgIpc) is 3.04. The summed E-state index contributed by atoms with van der Waals surface area (Å²) in [5, 5.41) is 10.2. The third-order valence-corrected chi connectivity index (χ3v) is 5.96. The van der Waals surface area contributed by atoms with E-state index in [0.29, 0.717) is 0 Å². The van der Waals surface area contributed by atoms with Gasteiger partial charge in [0.25, 0.3) is 0 Å². The topological polar surface area (TPSA) is 86.7 Å². The maximum absolute atomic E-state index is 12.2. The SMILES string of the molecule is CC(CNS(=O)(=O)c1csc(C(=O)O)c1)N(C)c1ccccc1. The molecule has 0 aliphatic rings. The average molecular weight is 354 g/mol. The van der Waals surface area contributed by atoms with Crippen molar-refractivity contribution in [2.45, 2.75) is 17.9 Å². The number of anilines is 1. The normalized spacial score (nSPS) is 12.8. The van der Waals surface area contributed by atoms with Crippen molar-refractivity contribution in [2.24, 2.45) is 0 Å². The molecule has 1 atom stereocenters. The highest BCUT2D eigenvalue weighted by molar-refractivity contribution is 7.89. The van der Waals surface area contributed by atoms with Crippen molar-refractivity contribution in [3.8, 4) is 0 Å². The molecule has 0 radical (unpaired) electrons. The third kappa shape index (κ3) is 4.31. The summed E-state index contributed by atoms with van der Waals surface area (Å²) in [5.74, 6) is -1.13. The zero-order chi connectivity index (χ0) is 17.0. The molecule has 0 saturated heterocycles. The van der Waals surface area contributed by atoms with E-state index in [9.17, 15) is 13.2 Å². The van der Waals surface area contributed by atoms with Crippen LogP contribution >= 0.6 is 11.3 Å². The number of carboxylic acid groups (broad SMARTS) is 1. The van der Waals surface area contributed by atoms with Gasteiger partial charge in [0.15, 0.2) is 0 Å². The highest BCUT2D eigenvalue weighted by atomic mass is 32.2. The molecule has 124 valence electrons. The predicted molar refractivity (Wildman–Crippen MR) is 90.8 cm³/mol. The van der Waals surface area contributed by atoms with E-state index < -0.39 is 16.0 Å². The molecule has 0 saturated carbocycles. The molecule has 0 aliphatic carbocycles. The van der Waals surface area contributed by atoms with Crippen LogP contribution in [0.3, 0.4) is 0 Å². The maximum atomic E-state index is 12.2. The molecule has 23 heavy (non-hydrogen) atoms. The van der Waals surface area contributed by atoms with E-state index in [1.165, 1.54) is 11.4 Å². The first-order valence-electron chi connectivity index (χ1n) is 6.90. The number of sulfonamides is 1. The molecule has 1 aromatic carbocycles. The van der Waals surface area contributed by atoms with Crippen LogP contribution in [-0.4, -0.2) is 39.1 Å². The molecular formula is C15H18N2O4S2. The van der Waals surface area contributed by atoms with Crippen LogP contribution < -0.4 is 9.62 Å². The Bertz CT molecular complexity index is 772. The standard InChI is InChI=1S/C15H18N2O4S2/c1-11(17(2)12-6-4-3-5-7-12)9-16-23(20,21)13-8-14(15(18)19)22-10-13/h3-8,10-11,16H,9H2,1-2H3,(H,18,19). The number of benzene rings is 1. The number of nitrogens with zero attached hydrogens (tertiary/aromatic N) is 1. The Morgan fingerprint density at radius 2 is 2.00 bits per heavy atom. The largest absolute Gasteiger partial charge is 0.477 e. The van der Waals surface area contributed by atoms with E-state index in [1.807, 2.05) is 49.2 Å². The van der Waals surface area contributed by atoms with Crippen LogP contribution in [0.5, 0.6) is 0 Å². The van der Waals surface area contributed by atoms with Crippen LogP contribution in [0.4, 0.5) is 5.69 Å². The Balaban J connectivity index is 2.02. The number of thiophene rings is 1. The molecule has 8 heteroatoms. The highest BCUT2D eigenvalue weighted by Crippen LogP contribution is 2.19. The summed E-state index contributed by atoms with van der Waals surface area (Å²) in [7, 11) is -1.82. The molecule has 0 bridgehead atoms. The molecule has 2 aromatic rings. The van der Waals surface area contributed by atoms with Crippen molar-refractivity contribution < 1.29 is 18.3 Å². The molecule has 2 N–H and O–H groups in total. The van der Waals surface area contributed by atoms with Gasteiger partial charge in [-0.3, -0.25) is 0 Å². The number of nitrogens with one attached hydrogen (secondary N) is 1. The zero-order valence-electron chi connectivity index (χ0n) is 12.8. The van der Waals surface area contributed by atoms with E-state index in [4.69, 9.17) is 5.11 Å². The van der Waals surface area contributed by atoms with Gasteiger partial charge in [-0.1, -0.05) is 18.2 Å². The summed E-state index contributed by atoms with van der Waals surface area (Å²) in [6.07, 6.45) is 0. The minimum atomic E-state index is -3.71. The highest BCUT2D eigenvalue weighted by Gasteiger charge is 2.20. The molecule has 1 heterocycles. The predicted octanol–water partition coefficient (Wildman–Crippen LogP) is 2.25. The van der Waals surface area contributed by atoms with Gasteiger partial charge < -0.3 is 10.0 Å². The quantitative estimate of drug-likeness (QED) is 0.796. The summed E-state index contributed by atoms with van der Waals surface area (Å²) < 4.78 is 27.0. The molecule has 0 fully saturated rings. The number of likely N-dealkylation sites (N-methyl/N-ethyl adjacent to an activating group) is 1. The van der Waals surface area contributed by atoms with Crippen LogP contribution in [-0.2, 0) is 10.0 Å². The summed E-state index contributed by atoms with van der Waals surface area (Å²) in [6.45, 7) is 2.12. The van der Waals surface area contributed by atoms with E-state index in [1.54, 1.807) is 0 Å².